The number of ketones is 1. The van der Waals surface area contributed by atoms with Crippen LogP contribution < -0.4 is 4.74 Å². The Bertz CT molecular complexity index is 366. The van der Waals surface area contributed by atoms with E-state index in [9.17, 15) is 9.18 Å². The molecule has 0 amide bonds. The van der Waals surface area contributed by atoms with Gasteiger partial charge in [0.05, 0.1) is 0 Å². The van der Waals surface area contributed by atoms with Crippen molar-refractivity contribution in [1.82, 2.24) is 0 Å². The molecule has 1 rings (SSSR count). The highest BCUT2D eigenvalue weighted by molar-refractivity contribution is 9.10. The molecule has 0 aliphatic rings. The van der Waals surface area contributed by atoms with Crippen LogP contribution in [0.25, 0.3) is 0 Å². The van der Waals surface area contributed by atoms with Crippen molar-refractivity contribution in [1.29, 1.82) is 0 Å². The normalized spacial score (nSPS) is 12.3. The van der Waals surface area contributed by atoms with Crippen LogP contribution in [0.15, 0.2) is 22.7 Å². The summed E-state index contributed by atoms with van der Waals surface area (Å²) in [5.74, 6) is -0.230. The summed E-state index contributed by atoms with van der Waals surface area (Å²) in [5, 5.41) is 0. The second-order valence-electron chi connectivity index (χ2n) is 3.41. The lowest BCUT2D eigenvalue weighted by atomic mass is 10.2. The Labute approximate surface area is 96.6 Å². The highest BCUT2D eigenvalue weighted by Crippen LogP contribution is 2.22. The number of carbonyl (C=O) groups is 1. The van der Waals surface area contributed by atoms with Gasteiger partial charge in [-0.15, -0.1) is 0 Å². The zero-order chi connectivity index (χ0) is 11.4. The van der Waals surface area contributed by atoms with Gasteiger partial charge in [-0.3, -0.25) is 4.79 Å². The zero-order valence-electron chi connectivity index (χ0n) is 8.59. The molecule has 1 aromatic rings. The number of halogens is 2. The van der Waals surface area contributed by atoms with Gasteiger partial charge < -0.3 is 4.74 Å². The molecular weight excluding hydrogens is 263 g/mol. The summed E-state index contributed by atoms with van der Waals surface area (Å²) in [4.78, 5) is 10.8. The van der Waals surface area contributed by atoms with E-state index in [0.29, 0.717) is 4.47 Å². The van der Waals surface area contributed by atoms with Crippen molar-refractivity contribution in [2.45, 2.75) is 26.4 Å². The number of benzene rings is 1. The maximum atomic E-state index is 13.3. The minimum absolute atomic E-state index is 0.0278. The van der Waals surface area contributed by atoms with Gasteiger partial charge in [0.2, 0.25) is 0 Å². The molecule has 0 fully saturated rings. The number of ether oxygens (including phenoxy) is 1. The van der Waals surface area contributed by atoms with Crippen LogP contribution in [-0.4, -0.2) is 11.9 Å². The second kappa shape index (κ2) is 5.26. The van der Waals surface area contributed by atoms with E-state index in [4.69, 9.17) is 4.74 Å². The molecule has 0 bridgehead atoms. The SMILES string of the molecule is CC(=O)CC(C)Oc1ccc(Br)cc1F. The molecule has 1 atom stereocenters. The summed E-state index contributed by atoms with van der Waals surface area (Å²) in [5.41, 5.74) is 0. The molecule has 2 nitrogen and oxygen atoms in total. The largest absolute Gasteiger partial charge is 0.487 e. The molecule has 0 N–H and O–H groups in total. The number of carbonyl (C=O) groups excluding carboxylic acids is 1. The molecule has 0 radical (unpaired) electrons. The van der Waals surface area contributed by atoms with Crippen molar-refractivity contribution in [3.8, 4) is 5.75 Å². The van der Waals surface area contributed by atoms with Crippen LogP contribution >= 0.6 is 15.9 Å². The van der Waals surface area contributed by atoms with Gasteiger partial charge >= 0.3 is 0 Å². The fraction of sp³-hybridized carbons (Fsp3) is 0.364. The summed E-state index contributed by atoms with van der Waals surface area (Å²) in [6, 6.07) is 4.56. The summed E-state index contributed by atoms with van der Waals surface area (Å²) in [7, 11) is 0. The summed E-state index contributed by atoms with van der Waals surface area (Å²) in [6.07, 6.45) is -0.0200. The van der Waals surface area contributed by atoms with Crippen molar-refractivity contribution in [2.24, 2.45) is 0 Å². The average Bonchev–Trinajstić information content (AvgIpc) is 2.08. The van der Waals surface area contributed by atoms with Gasteiger partial charge in [0.15, 0.2) is 11.6 Å². The van der Waals surface area contributed by atoms with Crippen LogP contribution in [0.5, 0.6) is 5.75 Å². The first-order valence-corrected chi connectivity index (χ1v) is 5.39. The van der Waals surface area contributed by atoms with Gasteiger partial charge in [-0.2, -0.15) is 0 Å². The molecule has 0 heterocycles. The van der Waals surface area contributed by atoms with E-state index in [1.165, 1.54) is 19.1 Å². The van der Waals surface area contributed by atoms with Crippen LogP contribution in [0.1, 0.15) is 20.3 Å². The topological polar surface area (TPSA) is 26.3 Å². The van der Waals surface area contributed by atoms with Crippen molar-refractivity contribution in [2.75, 3.05) is 0 Å². The lowest BCUT2D eigenvalue weighted by molar-refractivity contribution is -0.118. The molecule has 82 valence electrons. The number of hydrogen-bond donors (Lipinski definition) is 0. The maximum absolute atomic E-state index is 13.3. The van der Waals surface area contributed by atoms with E-state index in [1.54, 1.807) is 13.0 Å². The Hall–Kier alpha value is -0.900. The molecule has 1 unspecified atom stereocenters. The van der Waals surface area contributed by atoms with Gasteiger partial charge in [0, 0.05) is 10.9 Å². The van der Waals surface area contributed by atoms with Crippen LogP contribution in [-0.2, 0) is 4.79 Å². The van der Waals surface area contributed by atoms with E-state index in [2.05, 4.69) is 15.9 Å². The molecule has 4 heteroatoms. The highest BCUT2D eigenvalue weighted by atomic mass is 79.9. The molecule has 1 aromatic carbocycles. The van der Waals surface area contributed by atoms with Gasteiger partial charge in [0.1, 0.15) is 11.9 Å². The number of rotatable bonds is 4. The molecule has 0 spiro atoms. The van der Waals surface area contributed by atoms with E-state index in [0.717, 1.165) is 0 Å². The molecule has 15 heavy (non-hydrogen) atoms. The lowest BCUT2D eigenvalue weighted by Gasteiger charge is -2.13. The van der Waals surface area contributed by atoms with Crippen molar-refractivity contribution < 1.29 is 13.9 Å². The Morgan fingerprint density at radius 3 is 2.80 bits per heavy atom. The quantitative estimate of drug-likeness (QED) is 0.842. The fourth-order valence-corrected chi connectivity index (χ4v) is 1.57. The molecule has 0 aliphatic heterocycles. The Morgan fingerprint density at radius 1 is 1.60 bits per heavy atom. The molecular formula is C11H12BrFO2. The van der Waals surface area contributed by atoms with Gasteiger partial charge in [0.25, 0.3) is 0 Å². The van der Waals surface area contributed by atoms with Crippen LogP contribution in [0, 0.1) is 5.82 Å². The third-order valence-electron chi connectivity index (χ3n) is 1.80. The first-order chi connectivity index (χ1) is 6.99. The summed E-state index contributed by atoms with van der Waals surface area (Å²) < 4.78 is 19.3. The highest BCUT2D eigenvalue weighted by Gasteiger charge is 2.10. The average molecular weight is 275 g/mol. The van der Waals surface area contributed by atoms with E-state index in [-0.39, 0.29) is 24.1 Å². The van der Waals surface area contributed by atoms with Gasteiger partial charge in [-0.05, 0) is 32.0 Å². The Balaban J connectivity index is 2.68. The fourth-order valence-electron chi connectivity index (χ4n) is 1.23. The first kappa shape index (κ1) is 12.2. The molecule has 0 aromatic heterocycles. The molecule has 0 aliphatic carbocycles. The Kier molecular flexibility index (Phi) is 4.27. The van der Waals surface area contributed by atoms with Crippen LogP contribution in [0.3, 0.4) is 0 Å². The van der Waals surface area contributed by atoms with Crippen LogP contribution in [0.4, 0.5) is 4.39 Å². The predicted octanol–water partition coefficient (Wildman–Crippen LogP) is 3.33. The maximum Gasteiger partial charge on any atom is 0.166 e. The second-order valence-corrected chi connectivity index (χ2v) is 4.33. The monoisotopic (exact) mass is 274 g/mol. The van der Waals surface area contributed by atoms with Crippen LogP contribution in [0.2, 0.25) is 0 Å². The predicted molar refractivity (Wildman–Crippen MR) is 59.5 cm³/mol. The van der Waals surface area contributed by atoms with E-state index >= 15 is 0 Å². The van der Waals surface area contributed by atoms with Crippen molar-refractivity contribution >= 4 is 21.7 Å². The summed E-state index contributed by atoms with van der Waals surface area (Å²) in [6.45, 7) is 3.22. The number of hydrogen-bond acceptors (Lipinski definition) is 2. The molecule has 0 saturated heterocycles. The third-order valence-corrected chi connectivity index (χ3v) is 2.29. The van der Waals surface area contributed by atoms with E-state index in [1.807, 2.05) is 0 Å². The van der Waals surface area contributed by atoms with E-state index < -0.39 is 5.82 Å². The zero-order valence-corrected chi connectivity index (χ0v) is 10.2. The Morgan fingerprint density at radius 2 is 2.27 bits per heavy atom. The lowest BCUT2D eigenvalue weighted by Crippen LogP contribution is -2.16. The van der Waals surface area contributed by atoms with Crippen molar-refractivity contribution in [3.63, 3.8) is 0 Å². The minimum Gasteiger partial charge on any atom is -0.487 e. The van der Waals surface area contributed by atoms with Crippen molar-refractivity contribution in [3.05, 3.63) is 28.5 Å². The smallest absolute Gasteiger partial charge is 0.166 e. The first-order valence-electron chi connectivity index (χ1n) is 4.60. The van der Waals surface area contributed by atoms with Gasteiger partial charge in [-0.25, -0.2) is 4.39 Å². The molecule has 0 saturated carbocycles. The third kappa shape index (κ3) is 4.00. The standard InChI is InChI=1S/C11H12BrFO2/c1-7(14)5-8(2)15-11-4-3-9(12)6-10(11)13/h3-4,6,8H,5H2,1-2H3. The minimum atomic E-state index is -0.431. The van der Waals surface area contributed by atoms with Gasteiger partial charge in [-0.1, -0.05) is 15.9 Å². The summed E-state index contributed by atoms with van der Waals surface area (Å²) >= 11 is 3.15. The number of Topliss-reactive ketones (excluding diaryl/α,β-unsaturated/α-hetero) is 1.